The highest BCUT2D eigenvalue weighted by Gasteiger charge is 2.28. The van der Waals surface area contributed by atoms with Crippen molar-refractivity contribution in [3.8, 4) is 0 Å². The molecule has 90 valence electrons. The van der Waals surface area contributed by atoms with Gasteiger partial charge in [-0.2, -0.15) is 0 Å². The van der Waals surface area contributed by atoms with Crippen LogP contribution in [-0.2, 0) is 10.0 Å². The molecule has 0 bridgehead atoms. The predicted octanol–water partition coefficient (Wildman–Crippen LogP) is 0.656. The van der Waals surface area contributed by atoms with Crippen LogP contribution >= 0.6 is 0 Å². The lowest BCUT2D eigenvalue weighted by Gasteiger charge is -2.22. The van der Waals surface area contributed by atoms with E-state index in [0.717, 1.165) is 13.0 Å². The number of hydrogen-bond donors (Lipinski definition) is 1. The van der Waals surface area contributed by atoms with E-state index in [1.807, 2.05) is 0 Å². The standard InChI is InChI=1S/C10H22N2O2S/c1-10(2,3)8-11-9-5-6-12(7-9)15(4,13)14/h9,11H,5-8H2,1-4H3/t9-/m0/s1. The van der Waals surface area contributed by atoms with E-state index in [0.29, 0.717) is 19.1 Å². The Morgan fingerprint density at radius 3 is 2.40 bits per heavy atom. The molecular formula is C10H22N2O2S. The Morgan fingerprint density at radius 2 is 2.00 bits per heavy atom. The lowest BCUT2D eigenvalue weighted by Crippen LogP contribution is -2.38. The molecule has 1 N–H and O–H groups in total. The fourth-order valence-electron chi connectivity index (χ4n) is 1.65. The zero-order chi connectivity index (χ0) is 11.7. The smallest absolute Gasteiger partial charge is 0.211 e. The molecule has 0 aliphatic carbocycles. The molecule has 1 atom stereocenters. The van der Waals surface area contributed by atoms with Crippen LogP contribution in [-0.4, -0.2) is 44.7 Å². The van der Waals surface area contributed by atoms with E-state index in [-0.39, 0.29) is 5.41 Å². The first-order valence-corrected chi connectivity index (χ1v) is 7.22. The summed E-state index contributed by atoms with van der Waals surface area (Å²) in [6, 6.07) is 0.318. The second-order valence-electron chi connectivity index (χ2n) is 5.55. The van der Waals surface area contributed by atoms with E-state index in [4.69, 9.17) is 0 Å². The van der Waals surface area contributed by atoms with Gasteiger partial charge in [0.15, 0.2) is 0 Å². The average Bonchev–Trinajstić information content (AvgIpc) is 2.45. The van der Waals surface area contributed by atoms with Crippen LogP contribution in [0.4, 0.5) is 0 Å². The van der Waals surface area contributed by atoms with Crippen molar-refractivity contribution in [3.63, 3.8) is 0 Å². The zero-order valence-electron chi connectivity index (χ0n) is 10.1. The molecule has 1 aliphatic rings. The van der Waals surface area contributed by atoms with Crippen LogP contribution in [0.15, 0.2) is 0 Å². The summed E-state index contributed by atoms with van der Waals surface area (Å²) in [5.41, 5.74) is 0.249. The summed E-state index contributed by atoms with van der Waals surface area (Å²) in [5.74, 6) is 0. The summed E-state index contributed by atoms with van der Waals surface area (Å²) in [6.45, 7) is 8.71. The van der Waals surface area contributed by atoms with Crippen molar-refractivity contribution in [1.29, 1.82) is 0 Å². The van der Waals surface area contributed by atoms with Gasteiger partial charge in [-0.1, -0.05) is 20.8 Å². The van der Waals surface area contributed by atoms with Crippen LogP contribution in [0.1, 0.15) is 27.2 Å². The second kappa shape index (κ2) is 4.39. The van der Waals surface area contributed by atoms with Crippen molar-refractivity contribution in [1.82, 2.24) is 9.62 Å². The summed E-state index contributed by atoms with van der Waals surface area (Å²) >= 11 is 0. The van der Waals surface area contributed by atoms with Gasteiger partial charge in [-0.15, -0.1) is 0 Å². The fraction of sp³-hybridized carbons (Fsp3) is 1.00. The van der Waals surface area contributed by atoms with Gasteiger partial charge in [-0.25, -0.2) is 12.7 Å². The third-order valence-electron chi connectivity index (χ3n) is 2.54. The molecular weight excluding hydrogens is 212 g/mol. The molecule has 1 saturated heterocycles. The van der Waals surface area contributed by atoms with Crippen LogP contribution in [0, 0.1) is 5.41 Å². The Hall–Kier alpha value is -0.130. The minimum atomic E-state index is -3.00. The normalized spacial score (nSPS) is 24.7. The summed E-state index contributed by atoms with van der Waals surface area (Å²) in [4.78, 5) is 0. The molecule has 5 heteroatoms. The van der Waals surface area contributed by atoms with E-state index in [9.17, 15) is 8.42 Å². The van der Waals surface area contributed by atoms with Gasteiger partial charge in [0.1, 0.15) is 0 Å². The molecule has 0 aromatic heterocycles. The monoisotopic (exact) mass is 234 g/mol. The van der Waals surface area contributed by atoms with E-state index in [2.05, 4.69) is 26.1 Å². The number of sulfonamides is 1. The van der Waals surface area contributed by atoms with Crippen molar-refractivity contribution < 1.29 is 8.42 Å². The third-order valence-corrected chi connectivity index (χ3v) is 3.81. The van der Waals surface area contributed by atoms with Crippen LogP contribution in [0.5, 0.6) is 0 Å². The second-order valence-corrected chi connectivity index (χ2v) is 7.53. The van der Waals surface area contributed by atoms with Crippen molar-refractivity contribution in [2.45, 2.75) is 33.2 Å². The molecule has 0 aromatic carbocycles. The average molecular weight is 234 g/mol. The molecule has 0 spiro atoms. The van der Waals surface area contributed by atoms with Crippen molar-refractivity contribution in [2.75, 3.05) is 25.9 Å². The number of hydrogen-bond acceptors (Lipinski definition) is 3. The highest BCUT2D eigenvalue weighted by Crippen LogP contribution is 2.15. The molecule has 1 rings (SSSR count). The van der Waals surface area contributed by atoms with E-state index >= 15 is 0 Å². The summed E-state index contributed by atoms with van der Waals surface area (Å²) in [6.07, 6.45) is 2.20. The van der Waals surface area contributed by atoms with Gasteiger partial charge >= 0.3 is 0 Å². The molecule has 15 heavy (non-hydrogen) atoms. The van der Waals surface area contributed by atoms with Gasteiger partial charge in [0.05, 0.1) is 6.26 Å². The van der Waals surface area contributed by atoms with Crippen LogP contribution in [0.2, 0.25) is 0 Å². The minimum absolute atomic E-state index is 0.249. The van der Waals surface area contributed by atoms with Crippen molar-refractivity contribution in [2.24, 2.45) is 5.41 Å². The van der Waals surface area contributed by atoms with Gasteiger partial charge in [0.2, 0.25) is 10.0 Å². The first kappa shape index (κ1) is 12.9. The fourth-order valence-corrected chi connectivity index (χ4v) is 2.53. The minimum Gasteiger partial charge on any atom is -0.312 e. The van der Waals surface area contributed by atoms with Gasteiger partial charge in [0, 0.05) is 25.7 Å². The molecule has 4 nitrogen and oxygen atoms in total. The Labute approximate surface area is 93.1 Å². The van der Waals surface area contributed by atoms with Gasteiger partial charge < -0.3 is 5.32 Å². The van der Waals surface area contributed by atoms with E-state index < -0.39 is 10.0 Å². The molecule has 0 saturated carbocycles. The maximum atomic E-state index is 11.3. The number of rotatable bonds is 3. The molecule has 1 aliphatic heterocycles. The lowest BCUT2D eigenvalue weighted by molar-refractivity contribution is 0.351. The Balaban J connectivity index is 2.38. The van der Waals surface area contributed by atoms with Crippen molar-refractivity contribution >= 4 is 10.0 Å². The topological polar surface area (TPSA) is 49.4 Å². The van der Waals surface area contributed by atoms with E-state index in [1.54, 1.807) is 4.31 Å². The third kappa shape index (κ3) is 4.49. The van der Waals surface area contributed by atoms with E-state index in [1.165, 1.54) is 6.26 Å². The Kier molecular flexibility index (Phi) is 3.79. The van der Waals surface area contributed by atoms with Crippen LogP contribution in [0.3, 0.4) is 0 Å². The maximum Gasteiger partial charge on any atom is 0.211 e. The van der Waals surface area contributed by atoms with Crippen molar-refractivity contribution in [3.05, 3.63) is 0 Å². The SMILES string of the molecule is CC(C)(C)CN[C@H]1CCN(S(C)(=O)=O)C1. The predicted molar refractivity (Wildman–Crippen MR) is 62.3 cm³/mol. The molecule has 1 fully saturated rings. The molecule has 1 heterocycles. The summed E-state index contributed by atoms with van der Waals surface area (Å²) < 4.78 is 24.1. The van der Waals surface area contributed by atoms with Gasteiger partial charge in [-0.3, -0.25) is 0 Å². The van der Waals surface area contributed by atoms with Crippen LogP contribution < -0.4 is 5.32 Å². The zero-order valence-corrected chi connectivity index (χ0v) is 10.9. The Bertz CT molecular complexity index is 306. The highest BCUT2D eigenvalue weighted by molar-refractivity contribution is 7.88. The quantitative estimate of drug-likeness (QED) is 0.780. The molecule has 0 amide bonds. The highest BCUT2D eigenvalue weighted by atomic mass is 32.2. The first-order valence-electron chi connectivity index (χ1n) is 5.37. The summed E-state index contributed by atoms with van der Waals surface area (Å²) in [7, 11) is -3.00. The van der Waals surface area contributed by atoms with Gasteiger partial charge in [-0.05, 0) is 11.8 Å². The molecule has 0 aromatic rings. The number of nitrogens with zero attached hydrogens (tertiary/aromatic N) is 1. The van der Waals surface area contributed by atoms with Gasteiger partial charge in [0.25, 0.3) is 0 Å². The molecule has 0 radical (unpaired) electrons. The first-order chi connectivity index (χ1) is 6.68. The number of nitrogens with one attached hydrogen (secondary N) is 1. The largest absolute Gasteiger partial charge is 0.312 e. The summed E-state index contributed by atoms with van der Waals surface area (Å²) in [5, 5.41) is 3.42. The maximum absolute atomic E-state index is 11.3. The van der Waals surface area contributed by atoms with Crippen LogP contribution in [0.25, 0.3) is 0 Å². The Morgan fingerprint density at radius 1 is 1.40 bits per heavy atom. The molecule has 0 unspecified atom stereocenters. The lowest BCUT2D eigenvalue weighted by atomic mass is 9.96.